The van der Waals surface area contributed by atoms with Crippen LogP contribution in [0.1, 0.15) is 22.8 Å². The predicted octanol–water partition coefficient (Wildman–Crippen LogP) is 3.36. The zero-order valence-corrected chi connectivity index (χ0v) is 14.1. The van der Waals surface area contributed by atoms with Crippen molar-refractivity contribution >= 4 is 17.8 Å². The number of rotatable bonds is 8. The summed E-state index contributed by atoms with van der Waals surface area (Å²) >= 11 is 0. The van der Waals surface area contributed by atoms with E-state index in [1.54, 1.807) is 13.0 Å². The van der Waals surface area contributed by atoms with Gasteiger partial charge in [0.25, 0.3) is 11.6 Å². The molecule has 0 aliphatic carbocycles. The number of non-ortho nitro benzene ring substituents is 1. The second-order valence-corrected chi connectivity index (χ2v) is 4.99. The first-order valence-corrected chi connectivity index (χ1v) is 7.70. The average molecular weight is 379 g/mol. The standard InChI is InChI=1S/C17H15F2N3O5/c1-2-26-14-8-4-6-12(15(14)27-17(18)19)10-20-21-16(23)11-5-3-7-13(9-11)22(24)25/h3-10,17H,2H2,1H3,(H,21,23)/b20-10-. The fraction of sp³-hybridized carbons (Fsp3) is 0.176. The highest BCUT2D eigenvalue weighted by Gasteiger charge is 2.15. The molecule has 10 heteroatoms. The van der Waals surface area contributed by atoms with Crippen molar-refractivity contribution in [2.24, 2.45) is 5.10 Å². The van der Waals surface area contributed by atoms with Crippen molar-refractivity contribution in [2.75, 3.05) is 6.61 Å². The van der Waals surface area contributed by atoms with Gasteiger partial charge in [0.15, 0.2) is 11.5 Å². The van der Waals surface area contributed by atoms with Crippen LogP contribution in [0, 0.1) is 10.1 Å². The van der Waals surface area contributed by atoms with Crippen molar-refractivity contribution in [1.82, 2.24) is 5.43 Å². The number of nitro benzene ring substituents is 1. The molecule has 0 heterocycles. The van der Waals surface area contributed by atoms with Gasteiger partial charge in [-0.2, -0.15) is 13.9 Å². The number of alkyl halides is 2. The zero-order chi connectivity index (χ0) is 19.8. The smallest absolute Gasteiger partial charge is 0.387 e. The van der Waals surface area contributed by atoms with E-state index in [9.17, 15) is 23.7 Å². The van der Waals surface area contributed by atoms with E-state index in [0.717, 1.165) is 12.3 Å². The number of hydrogen-bond acceptors (Lipinski definition) is 6. The number of halogens is 2. The first-order chi connectivity index (χ1) is 12.9. The minimum Gasteiger partial charge on any atom is -0.490 e. The number of nitrogens with zero attached hydrogens (tertiary/aromatic N) is 2. The average Bonchev–Trinajstić information content (AvgIpc) is 2.64. The van der Waals surface area contributed by atoms with E-state index in [-0.39, 0.29) is 34.9 Å². The predicted molar refractivity (Wildman–Crippen MR) is 92.4 cm³/mol. The third-order valence-electron chi connectivity index (χ3n) is 3.21. The number of ether oxygens (including phenoxy) is 2. The molecular formula is C17H15F2N3O5. The summed E-state index contributed by atoms with van der Waals surface area (Å²) in [4.78, 5) is 22.1. The topological polar surface area (TPSA) is 103 Å². The largest absolute Gasteiger partial charge is 0.490 e. The van der Waals surface area contributed by atoms with Gasteiger partial charge in [-0.05, 0) is 25.1 Å². The summed E-state index contributed by atoms with van der Waals surface area (Å²) in [6, 6.07) is 9.52. The summed E-state index contributed by atoms with van der Waals surface area (Å²) in [6.45, 7) is -1.14. The van der Waals surface area contributed by atoms with E-state index in [1.165, 1.54) is 30.3 Å². The molecule has 1 N–H and O–H groups in total. The Labute approximate surface area is 152 Å². The molecule has 0 atom stereocenters. The molecule has 27 heavy (non-hydrogen) atoms. The number of carbonyl (C=O) groups excluding carboxylic acids is 1. The molecule has 0 saturated heterocycles. The van der Waals surface area contributed by atoms with Gasteiger partial charge in [-0.3, -0.25) is 14.9 Å². The maximum Gasteiger partial charge on any atom is 0.387 e. The minimum absolute atomic E-state index is 0.0217. The number of hydrazone groups is 1. The molecule has 0 unspecified atom stereocenters. The summed E-state index contributed by atoms with van der Waals surface area (Å²) in [5, 5.41) is 14.4. The number of hydrogen-bond donors (Lipinski definition) is 1. The summed E-state index contributed by atoms with van der Waals surface area (Å²) in [7, 11) is 0. The van der Waals surface area contributed by atoms with Crippen LogP contribution in [0.3, 0.4) is 0 Å². The summed E-state index contributed by atoms with van der Waals surface area (Å²) in [5.41, 5.74) is 2.10. The van der Waals surface area contributed by atoms with Gasteiger partial charge in [-0.15, -0.1) is 0 Å². The van der Waals surface area contributed by atoms with E-state index in [2.05, 4.69) is 15.3 Å². The number of carbonyl (C=O) groups is 1. The molecule has 2 aromatic carbocycles. The molecule has 0 bridgehead atoms. The van der Waals surface area contributed by atoms with Crippen molar-refractivity contribution in [2.45, 2.75) is 13.5 Å². The minimum atomic E-state index is -3.07. The summed E-state index contributed by atoms with van der Waals surface area (Å²) in [5.74, 6) is -0.818. The summed E-state index contributed by atoms with van der Waals surface area (Å²) in [6.07, 6.45) is 1.11. The Morgan fingerprint density at radius 2 is 2.07 bits per heavy atom. The number of para-hydroxylation sites is 1. The second-order valence-electron chi connectivity index (χ2n) is 4.99. The zero-order valence-electron chi connectivity index (χ0n) is 14.1. The van der Waals surface area contributed by atoms with Crippen LogP contribution in [0.4, 0.5) is 14.5 Å². The highest BCUT2D eigenvalue weighted by Crippen LogP contribution is 2.31. The van der Waals surface area contributed by atoms with Crippen LogP contribution in [-0.4, -0.2) is 30.3 Å². The fourth-order valence-electron chi connectivity index (χ4n) is 2.10. The maximum absolute atomic E-state index is 12.6. The number of nitro groups is 1. The molecule has 8 nitrogen and oxygen atoms in total. The second kappa shape index (κ2) is 9.22. The van der Waals surface area contributed by atoms with Crippen molar-refractivity contribution in [3.8, 4) is 11.5 Å². The lowest BCUT2D eigenvalue weighted by molar-refractivity contribution is -0.384. The SMILES string of the molecule is CCOc1cccc(/C=N\NC(=O)c2cccc([N+](=O)[O-])c2)c1OC(F)F. The Morgan fingerprint density at radius 1 is 1.33 bits per heavy atom. The Balaban J connectivity index is 2.18. The maximum atomic E-state index is 12.6. The van der Waals surface area contributed by atoms with Crippen molar-refractivity contribution in [1.29, 1.82) is 0 Å². The quantitative estimate of drug-likeness (QED) is 0.430. The first-order valence-electron chi connectivity index (χ1n) is 7.70. The lowest BCUT2D eigenvalue weighted by Gasteiger charge is -2.13. The van der Waals surface area contributed by atoms with Gasteiger partial charge in [-0.25, -0.2) is 5.43 Å². The molecule has 0 fully saturated rings. The molecule has 0 spiro atoms. The molecule has 2 rings (SSSR count). The number of nitrogens with one attached hydrogen (secondary N) is 1. The van der Waals surface area contributed by atoms with Crippen LogP contribution in [-0.2, 0) is 0 Å². The fourth-order valence-corrected chi connectivity index (χ4v) is 2.10. The van der Waals surface area contributed by atoms with E-state index < -0.39 is 17.4 Å². The van der Waals surface area contributed by atoms with Gasteiger partial charge in [0.2, 0.25) is 0 Å². The Hall–Kier alpha value is -3.56. The van der Waals surface area contributed by atoms with Crippen LogP contribution in [0.2, 0.25) is 0 Å². The van der Waals surface area contributed by atoms with Crippen LogP contribution in [0.5, 0.6) is 11.5 Å². The van der Waals surface area contributed by atoms with E-state index >= 15 is 0 Å². The Kier molecular flexibility index (Phi) is 6.75. The molecule has 0 aromatic heterocycles. The van der Waals surface area contributed by atoms with Crippen LogP contribution in [0.15, 0.2) is 47.6 Å². The van der Waals surface area contributed by atoms with Crippen molar-refractivity contribution < 1.29 is 28.0 Å². The lowest BCUT2D eigenvalue weighted by Crippen LogP contribution is -2.17. The molecule has 142 valence electrons. The van der Waals surface area contributed by atoms with Gasteiger partial charge in [-0.1, -0.05) is 12.1 Å². The van der Waals surface area contributed by atoms with E-state index in [4.69, 9.17) is 4.74 Å². The van der Waals surface area contributed by atoms with Gasteiger partial charge in [0, 0.05) is 23.3 Å². The highest BCUT2D eigenvalue weighted by atomic mass is 19.3. The molecule has 0 aliphatic rings. The van der Waals surface area contributed by atoms with Gasteiger partial charge in [0.05, 0.1) is 17.7 Å². The normalized spacial score (nSPS) is 10.8. The van der Waals surface area contributed by atoms with E-state index in [1.807, 2.05) is 0 Å². The molecule has 0 saturated carbocycles. The number of amides is 1. The molecule has 1 amide bonds. The van der Waals surface area contributed by atoms with Crippen molar-refractivity contribution in [3.63, 3.8) is 0 Å². The van der Waals surface area contributed by atoms with Crippen molar-refractivity contribution in [3.05, 3.63) is 63.7 Å². The van der Waals surface area contributed by atoms with Crippen LogP contribution >= 0.6 is 0 Å². The molecule has 2 aromatic rings. The van der Waals surface area contributed by atoms with Gasteiger partial charge in [0.1, 0.15) is 0 Å². The third kappa shape index (κ3) is 5.46. The van der Waals surface area contributed by atoms with Crippen LogP contribution in [0.25, 0.3) is 0 Å². The number of benzene rings is 2. The van der Waals surface area contributed by atoms with Gasteiger partial charge >= 0.3 is 6.61 Å². The molecule has 0 radical (unpaired) electrons. The lowest BCUT2D eigenvalue weighted by atomic mass is 10.2. The van der Waals surface area contributed by atoms with Gasteiger partial charge < -0.3 is 9.47 Å². The molecular weight excluding hydrogens is 364 g/mol. The molecule has 0 aliphatic heterocycles. The van der Waals surface area contributed by atoms with Crippen LogP contribution < -0.4 is 14.9 Å². The highest BCUT2D eigenvalue weighted by molar-refractivity contribution is 5.95. The van der Waals surface area contributed by atoms with E-state index in [0.29, 0.717) is 0 Å². The third-order valence-corrected chi connectivity index (χ3v) is 3.21. The monoisotopic (exact) mass is 379 g/mol. The Morgan fingerprint density at radius 3 is 2.74 bits per heavy atom. The summed E-state index contributed by atoms with van der Waals surface area (Å²) < 4.78 is 35.0. The Bertz CT molecular complexity index is 858. The first kappa shape index (κ1) is 19.8.